The van der Waals surface area contributed by atoms with Gasteiger partial charge in [0.05, 0.1) is 11.5 Å². The first-order valence-corrected chi connectivity index (χ1v) is 11.1. The fourth-order valence-electron chi connectivity index (χ4n) is 2.69. The van der Waals surface area contributed by atoms with Crippen molar-refractivity contribution in [3.05, 3.63) is 52.6 Å². The van der Waals surface area contributed by atoms with Crippen LogP contribution in [0.5, 0.6) is 0 Å². The average Bonchev–Trinajstić information content (AvgIpc) is 3.01. The van der Waals surface area contributed by atoms with Gasteiger partial charge >= 0.3 is 0 Å². The molecule has 0 bridgehead atoms. The van der Waals surface area contributed by atoms with E-state index in [9.17, 15) is 4.79 Å². The highest BCUT2D eigenvalue weighted by molar-refractivity contribution is 7.99. The van der Waals surface area contributed by atoms with E-state index in [-0.39, 0.29) is 11.7 Å². The Morgan fingerprint density at radius 3 is 2.52 bits per heavy atom. The van der Waals surface area contributed by atoms with Crippen LogP contribution in [0.4, 0.5) is 5.69 Å². The van der Waals surface area contributed by atoms with Gasteiger partial charge in [0.1, 0.15) is 5.82 Å². The Morgan fingerprint density at radius 2 is 1.79 bits per heavy atom. The van der Waals surface area contributed by atoms with E-state index in [1.165, 1.54) is 23.5 Å². The summed E-state index contributed by atoms with van der Waals surface area (Å²) < 4.78 is 1.91. The third kappa shape index (κ3) is 5.57. The van der Waals surface area contributed by atoms with Crippen molar-refractivity contribution in [2.24, 2.45) is 7.05 Å². The Labute approximate surface area is 179 Å². The lowest BCUT2D eigenvalue weighted by atomic mass is 10.1. The smallest absolute Gasteiger partial charge is 0.234 e. The van der Waals surface area contributed by atoms with E-state index in [1.807, 2.05) is 63.6 Å². The van der Waals surface area contributed by atoms with Crippen LogP contribution in [0.1, 0.15) is 28.3 Å². The molecule has 0 aliphatic carbocycles. The number of thioether (sulfide) groups is 2. The zero-order valence-electron chi connectivity index (χ0n) is 17.2. The summed E-state index contributed by atoms with van der Waals surface area (Å²) in [5.41, 5.74) is 4.98. The van der Waals surface area contributed by atoms with Crippen molar-refractivity contribution in [2.75, 3.05) is 11.1 Å². The van der Waals surface area contributed by atoms with Gasteiger partial charge in [0.15, 0.2) is 10.3 Å². The van der Waals surface area contributed by atoms with Crippen LogP contribution in [0.25, 0.3) is 0 Å². The molecule has 0 fully saturated rings. The first-order valence-electron chi connectivity index (χ1n) is 9.15. The molecule has 0 radical (unpaired) electrons. The molecule has 1 amide bonds. The lowest BCUT2D eigenvalue weighted by Crippen LogP contribution is -2.15. The van der Waals surface area contributed by atoms with E-state index in [2.05, 4.69) is 25.5 Å². The molecule has 0 aliphatic heterocycles. The molecular formula is C20H24N6OS2. The van der Waals surface area contributed by atoms with Crippen molar-refractivity contribution in [1.82, 2.24) is 24.7 Å². The maximum atomic E-state index is 12.3. The Bertz CT molecular complexity index is 1010. The fraction of sp³-hybridized carbons (Fsp3) is 0.350. The number of carbonyl (C=O) groups excluding carboxylic acids is 1. The van der Waals surface area contributed by atoms with Crippen molar-refractivity contribution in [3.63, 3.8) is 0 Å². The number of carbonyl (C=O) groups is 1. The average molecular weight is 429 g/mol. The summed E-state index contributed by atoms with van der Waals surface area (Å²) in [6, 6.07) is 7.83. The fourth-order valence-corrected chi connectivity index (χ4v) is 4.34. The first-order chi connectivity index (χ1) is 13.8. The minimum atomic E-state index is -0.0636. The molecule has 29 heavy (non-hydrogen) atoms. The lowest BCUT2D eigenvalue weighted by molar-refractivity contribution is -0.113. The van der Waals surface area contributed by atoms with Gasteiger partial charge in [-0.1, -0.05) is 35.7 Å². The Kier molecular flexibility index (Phi) is 6.92. The summed E-state index contributed by atoms with van der Waals surface area (Å²) in [6.07, 6.45) is 0. The molecule has 7 nitrogen and oxygen atoms in total. The number of rotatable bonds is 7. The minimum Gasteiger partial charge on any atom is -0.325 e. The molecule has 0 saturated carbocycles. The van der Waals surface area contributed by atoms with Gasteiger partial charge in [-0.2, -0.15) is 0 Å². The van der Waals surface area contributed by atoms with Crippen LogP contribution in [-0.2, 0) is 17.6 Å². The van der Waals surface area contributed by atoms with E-state index >= 15 is 0 Å². The highest BCUT2D eigenvalue weighted by atomic mass is 32.2. The standard InChI is InChI=1S/C20H24N6OS2/c1-12-7-6-8-16(15(12)4)23-18(27)11-29-20-25-24-17(26(20)5)10-28-19-21-13(2)9-14(3)22-19/h6-9H,10-11H2,1-5H3,(H,23,27). The number of aryl methyl sites for hydroxylation is 3. The molecule has 0 aliphatic rings. The first kappa shape index (κ1) is 21.3. The van der Waals surface area contributed by atoms with Crippen LogP contribution < -0.4 is 5.32 Å². The second-order valence-electron chi connectivity index (χ2n) is 6.76. The topological polar surface area (TPSA) is 85.6 Å². The Hall–Kier alpha value is -2.39. The monoisotopic (exact) mass is 428 g/mol. The van der Waals surface area contributed by atoms with Gasteiger partial charge in [-0.15, -0.1) is 10.2 Å². The molecule has 9 heteroatoms. The number of aromatic nitrogens is 5. The van der Waals surface area contributed by atoms with E-state index in [0.29, 0.717) is 10.9 Å². The zero-order chi connectivity index (χ0) is 21.0. The largest absolute Gasteiger partial charge is 0.325 e. The summed E-state index contributed by atoms with van der Waals surface area (Å²) in [6.45, 7) is 7.95. The van der Waals surface area contributed by atoms with Crippen LogP contribution in [0.2, 0.25) is 0 Å². The van der Waals surface area contributed by atoms with E-state index in [0.717, 1.165) is 39.2 Å². The van der Waals surface area contributed by atoms with Gasteiger partial charge in [0.2, 0.25) is 5.91 Å². The molecule has 2 heterocycles. The van der Waals surface area contributed by atoms with Gasteiger partial charge in [-0.05, 0) is 51.0 Å². The van der Waals surface area contributed by atoms with Crippen LogP contribution in [0.15, 0.2) is 34.6 Å². The number of benzene rings is 1. The molecule has 1 N–H and O–H groups in total. The van der Waals surface area contributed by atoms with Crippen molar-refractivity contribution < 1.29 is 4.79 Å². The second-order valence-corrected chi connectivity index (χ2v) is 8.65. The SMILES string of the molecule is Cc1cc(C)nc(SCc2nnc(SCC(=O)Nc3cccc(C)c3C)n2C)n1. The molecule has 2 aromatic heterocycles. The summed E-state index contributed by atoms with van der Waals surface area (Å²) in [5, 5.41) is 12.9. The van der Waals surface area contributed by atoms with Crippen LogP contribution >= 0.6 is 23.5 Å². The second kappa shape index (κ2) is 9.41. The van der Waals surface area contributed by atoms with Crippen molar-refractivity contribution >= 4 is 35.1 Å². The molecule has 3 aromatic rings. The molecule has 0 unspecified atom stereocenters. The van der Waals surface area contributed by atoms with Crippen molar-refractivity contribution in [3.8, 4) is 0 Å². The van der Waals surface area contributed by atoms with E-state index in [4.69, 9.17) is 0 Å². The number of amides is 1. The third-order valence-electron chi connectivity index (χ3n) is 4.43. The highest BCUT2D eigenvalue weighted by Gasteiger charge is 2.13. The summed E-state index contributed by atoms with van der Waals surface area (Å²) >= 11 is 2.89. The van der Waals surface area contributed by atoms with Gasteiger partial charge in [-0.3, -0.25) is 4.79 Å². The number of hydrogen-bond acceptors (Lipinski definition) is 7. The Morgan fingerprint density at radius 1 is 1.07 bits per heavy atom. The van der Waals surface area contributed by atoms with Gasteiger partial charge < -0.3 is 9.88 Å². The van der Waals surface area contributed by atoms with Crippen molar-refractivity contribution in [2.45, 2.75) is 43.8 Å². The van der Waals surface area contributed by atoms with E-state index in [1.54, 1.807) is 0 Å². The Balaban J connectivity index is 1.56. The molecule has 0 spiro atoms. The van der Waals surface area contributed by atoms with Crippen molar-refractivity contribution in [1.29, 1.82) is 0 Å². The van der Waals surface area contributed by atoms with Crippen LogP contribution in [0.3, 0.4) is 0 Å². The molecule has 0 saturated heterocycles. The van der Waals surface area contributed by atoms with Gasteiger partial charge in [0, 0.05) is 24.1 Å². The molecule has 3 rings (SSSR count). The van der Waals surface area contributed by atoms with Gasteiger partial charge in [0.25, 0.3) is 0 Å². The minimum absolute atomic E-state index is 0.0636. The summed E-state index contributed by atoms with van der Waals surface area (Å²) in [4.78, 5) is 21.2. The van der Waals surface area contributed by atoms with Crippen LogP contribution in [-0.4, -0.2) is 36.4 Å². The predicted molar refractivity (Wildman–Crippen MR) is 117 cm³/mol. The molecule has 0 atom stereocenters. The number of hydrogen-bond donors (Lipinski definition) is 1. The van der Waals surface area contributed by atoms with E-state index < -0.39 is 0 Å². The number of anilines is 1. The van der Waals surface area contributed by atoms with Gasteiger partial charge in [-0.25, -0.2) is 9.97 Å². The molecule has 1 aromatic carbocycles. The lowest BCUT2D eigenvalue weighted by Gasteiger charge is -2.10. The van der Waals surface area contributed by atoms with Crippen LogP contribution in [0, 0.1) is 27.7 Å². The third-order valence-corrected chi connectivity index (χ3v) is 6.29. The quantitative estimate of drug-likeness (QED) is 0.452. The number of nitrogens with one attached hydrogen (secondary N) is 1. The summed E-state index contributed by atoms with van der Waals surface area (Å²) in [7, 11) is 1.91. The maximum absolute atomic E-state index is 12.3. The zero-order valence-corrected chi connectivity index (χ0v) is 18.8. The molecular weight excluding hydrogens is 404 g/mol. The normalized spacial score (nSPS) is 10.9. The number of nitrogens with zero attached hydrogens (tertiary/aromatic N) is 5. The predicted octanol–water partition coefficient (Wildman–Crippen LogP) is 3.86. The molecule has 152 valence electrons. The highest BCUT2D eigenvalue weighted by Crippen LogP contribution is 2.23. The maximum Gasteiger partial charge on any atom is 0.234 e. The summed E-state index contributed by atoms with van der Waals surface area (Å²) in [5.74, 6) is 1.63.